The Hall–Kier alpha value is -4.17. The van der Waals surface area contributed by atoms with Crippen molar-refractivity contribution in [1.82, 2.24) is 4.90 Å². The van der Waals surface area contributed by atoms with Gasteiger partial charge in [-0.3, -0.25) is 19.3 Å². The number of imide groups is 1. The molecule has 0 spiro atoms. The number of nitrogens with zero attached hydrogens (tertiary/aromatic N) is 1. The van der Waals surface area contributed by atoms with Gasteiger partial charge in [-0.25, -0.2) is 0 Å². The van der Waals surface area contributed by atoms with Crippen molar-refractivity contribution < 1.29 is 28.6 Å². The number of para-hydroxylation sites is 1. The molecule has 1 atom stereocenters. The lowest BCUT2D eigenvalue weighted by atomic mass is 10.1. The number of nitrogens with one attached hydrogen (secondary N) is 1. The van der Waals surface area contributed by atoms with Gasteiger partial charge in [-0.15, -0.1) is 0 Å². The first kappa shape index (κ1) is 23.6. The fraction of sp³-hybridized carbons (Fsp3) is 0.250. The molecule has 2 heterocycles. The average molecular weight is 487 g/mol. The Balaban J connectivity index is 1.22. The topological polar surface area (TPSA) is 94.2 Å². The van der Waals surface area contributed by atoms with Crippen LogP contribution in [0.15, 0.2) is 66.7 Å². The minimum Gasteiger partial charge on any atom is -0.483 e. The van der Waals surface area contributed by atoms with Crippen LogP contribution in [0, 0.1) is 6.92 Å². The first-order chi connectivity index (χ1) is 17.5. The van der Waals surface area contributed by atoms with Crippen LogP contribution in [0.1, 0.15) is 39.1 Å². The fourth-order valence-corrected chi connectivity index (χ4v) is 4.32. The van der Waals surface area contributed by atoms with E-state index >= 15 is 0 Å². The quantitative estimate of drug-likeness (QED) is 0.469. The summed E-state index contributed by atoms with van der Waals surface area (Å²) in [7, 11) is 0. The van der Waals surface area contributed by atoms with E-state index in [1.54, 1.807) is 42.5 Å². The van der Waals surface area contributed by atoms with Gasteiger partial charge in [0.25, 0.3) is 17.7 Å². The average Bonchev–Trinajstić information content (AvgIpc) is 3.47. The smallest absolute Gasteiger partial charge is 0.262 e. The van der Waals surface area contributed by atoms with Gasteiger partial charge in [0.2, 0.25) is 0 Å². The predicted molar refractivity (Wildman–Crippen MR) is 133 cm³/mol. The standard InChI is InChI=1S/C28H26N2O6/c1-18-6-2-3-10-25(18)35-17-26(31)29-19-7-4-8-20(14-19)36-21-11-12-23-24(15-21)28(33)30(27(23)32)16-22-9-5-13-34-22/h2-4,6-8,10-12,14-15,22H,5,9,13,16-17H2,1H3,(H,29,31). The summed E-state index contributed by atoms with van der Waals surface area (Å²) in [6.45, 7) is 2.71. The number of hydrogen-bond acceptors (Lipinski definition) is 6. The van der Waals surface area contributed by atoms with Crippen LogP contribution < -0.4 is 14.8 Å². The maximum Gasteiger partial charge on any atom is 0.262 e. The molecule has 1 fully saturated rings. The van der Waals surface area contributed by atoms with E-state index in [1.165, 1.54) is 4.90 Å². The van der Waals surface area contributed by atoms with E-state index < -0.39 is 0 Å². The van der Waals surface area contributed by atoms with Gasteiger partial charge in [0, 0.05) is 18.4 Å². The fourth-order valence-electron chi connectivity index (χ4n) is 4.32. The lowest BCUT2D eigenvalue weighted by molar-refractivity contribution is -0.118. The second kappa shape index (κ2) is 10.2. The number of rotatable bonds is 8. The van der Waals surface area contributed by atoms with Crippen LogP contribution in [0.3, 0.4) is 0 Å². The summed E-state index contributed by atoms with van der Waals surface area (Å²) in [4.78, 5) is 39.2. The van der Waals surface area contributed by atoms with E-state index in [4.69, 9.17) is 14.2 Å². The summed E-state index contributed by atoms with van der Waals surface area (Å²) in [5.41, 5.74) is 2.17. The summed E-state index contributed by atoms with van der Waals surface area (Å²) >= 11 is 0. The van der Waals surface area contributed by atoms with Gasteiger partial charge in [0.05, 0.1) is 23.8 Å². The molecule has 1 unspecified atom stereocenters. The van der Waals surface area contributed by atoms with Crippen molar-refractivity contribution in [3.63, 3.8) is 0 Å². The highest BCUT2D eigenvalue weighted by molar-refractivity contribution is 6.21. The van der Waals surface area contributed by atoms with Crippen molar-refractivity contribution in [2.24, 2.45) is 0 Å². The molecule has 8 heteroatoms. The first-order valence-corrected chi connectivity index (χ1v) is 11.9. The summed E-state index contributed by atoms with van der Waals surface area (Å²) in [5, 5.41) is 2.79. The van der Waals surface area contributed by atoms with Gasteiger partial charge in [0.15, 0.2) is 6.61 Å². The van der Waals surface area contributed by atoms with Crippen LogP contribution in [0.5, 0.6) is 17.2 Å². The Kier molecular flexibility index (Phi) is 6.69. The molecule has 0 aliphatic carbocycles. The zero-order chi connectivity index (χ0) is 25.1. The molecule has 1 N–H and O–H groups in total. The normalized spacial score (nSPS) is 16.7. The Morgan fingerprint density at radius 1 is 1.00 bits per heavy atom. The molecular formula is C28H26N2O6. The van der Waals surface area contributed by atoms with Gasteiger partial charge in [-0.2, -0.15) is 0 Å². The molecule has 2 aliphatic rings. The number of ether oxygens (including phenoxy) is 3. The molecule has 3 aromatic rings. The Morgan fingerprint density at radius 2 is 1.81 bits per heavy atom. The highest BCUT2D eigenvalue weighted by Crippen LogP contribution is 2.31. The minimum atomic E-state index is -0.342. The van der Waals surface area contributed by atoms with Gasteiger partial charge in [-0.05, 0) is 61.7 Å². The van der Waals surface area contributed by atoms with Crippen molar-refractivity contribution >= 4 is 23.4 Å². The predicted octanol–water partition coefficient (Wildman–Crippen LogP) is 4.58. The molecule has 1 saturated heterocycles. The molecule has 0 bridgehead atoms. The van der Waals surface area contributed by atoms with E-state index in [2.05, 4.69) is 5.32 Å². The molecule has 3 amide bonds. The molecule has 8 nitrogen and oxygen atoms in total. The van der Waals surface area contributed by atoms with Crippen LogP contribution in [0.2, 0.25) is 0 Å². The monoisotopic (exact) mass is 486 g/mol. The molecule has 0 radical (unpaired) electrons. The molecule has 36 heavy (non-hydrogen) atoms. The van der Waals surface area contributed by atoms with Crippen molar-refractivity contribution in [3.8, 4) is 17.2 Å². The number of aryl methyl sites for hydroxylation is 1. The molecule has 5 rings (SSSR count). The number of carbonyl (C=O) groups excluding carboxylic acids is 3. The third-order valence-corrected chi connectivity index (χ3v) is 6.16. The van der Waals surface area contributed by atoms with Crippen LogP contribution >= 0.6 is 0 Å². The Morgan fingerprint density at radius 3 is 2.61 bits per heavy atom. The van der Waals surface area contributed by atoms with Gasteiger partial charge >= 0.3 is 0 Å². The molecular weight excluding hydrogens is 460 g/mol. The van der Waals surface area contributed by atoms with Crippen molar-refractivity contribution in [2.45, 2.75) is 25.9 Å². The number of carbonyl (C=O) groups is 3. The first-order valence-electron chi connectivity index (χ1n) is 11.9. The SMILES string of the molecule is Cc1ccccc1OCC(=O)Nc1cccc(Oc2ccc3c(c2)C(=O)N(CC2CCCO2)C3=O)c1. The molecule has 0 aromatic heterocycles. The second-order valence-corrected chi connectivity index (χ2v) is 8.80. The third-order valence-electron chi connectivity index (χ3n) is 6.16. The summed E-state index contributed by atoms with van der Waals surface area (Å²) in [5.74, 6) is 0.591. The molecule has 184 valence electrons. The maximum absolute atomic E-state index is 12.9. The zero-order valence-electron chi connectivity index (χ0n) is 19.9. The van der Waals surface area contributed by atoms with Crippen molar-refractivity contribution in [3.05, 3.63) is 83.4 Å². The van der Waals surface area contributed by atoms with E-state index in [1.807, 2.05) is 31.2 Å². The van der Waals surface area contributed by atoms with Crippen molar-refractivity contribution in [1.29, 1.82) is 0 Å². The molecule has 3 aromatic carbocycles. The van der Waals surface area contributed by atoms with E-state index in [0.717, 1.165) is 18.4 Å². The number of amides is 3. The number of anilines is 1. The van der Waals surface area contributed by atoms with Gasteiger partial charge in [0.1, 0.15) is 17.2 Å². The minimum absolute atomic E-state index is 0.108. The molecule has 0 saturated carbocycles. The largest absolute Gasteiger partial charge is 0.483 e. The second-order valence-electron chi connectivity index (χ2n) is 8.80. The lowest BCUT2D eigenvalue weighted by Gasteiger charge is -2.17. The Labute approximate surface area is 208 Å². The number of fused-ring (bicyclic) bond motifs is 1. The highest BCUT2D eigenvalue weighted by atomic mass is 16.5. The van der Waals surface area contributed by atoms with Gasteiger partial charge in [-0.1, -0.05) is 24.3 Å². The van der Waals surface area contributed by atoms with Crippen LogP contribution in [0.25, 0.3) is 0 Å². The number of hydrogen-bond donors (Lipinski definition) is 1. The van der Waals surface area contributed by atoms with E-state index in [0.29, 0.717) is 40.7 Å². The van der Waals surface area contributed by atoms with Crippen LogP contribution in [-0.4, -0.2) is 48.5 Å². The summed E-state index contributed by atoms with van der Waals surface area (Å²) in [6, 6.07) is 19.2. The highest BCUT2D eigenvalue weighted by Gasteiger charge is 2.37. The zero-order valence-corrected chi connectivity index (χ0v) is 19.9. The summed E-state index contributed by atoms with van der Waals surface area (Å²) in [6.07, 6.45) is 1.67. The van der Waals surface area contributed by atoms with Crippen LogP contribution in [0.4, 0.5) is 5.69 Å². The summed E-state index contributed by atoms with van der Waals surface area (Å²) < 4.78 is 17.1. The molecule has 2 aliphatic heterocycles. The van der Waals surface area contributed by atoms with E-state index in [-0.39, 0.29) is 37.0 Å². The third kappa shape index (κ3) is 5.08. The maximum atomic E-state index is 12.9. The van der Waals surface area contributed by atoms with Gasteiger partial charge < -0.3 is 19.5 Å². The van der Waals surface area contributed by atoms with Crippen molar-refractivity contribution in [2.75, 3.05) is 25.1 Å². The number of benzene rings is 3. The van der Waals surface area contributed by atoms with E-state index in [9.17, 15) is 14.4 Å². The lowest BCUT2D eigenvalue weighted by Crippen LogP contribution is -2.36. The Bertz CT molecular complexity index is 1310. The van der Waals surface area contributed by atoms with Crippen LogP contribution in [-0.2, 0) is 9.53 Å².